The third-order valence-corrected chi connectivity index (χ3v) is 9.28. The zero-order valence-corrected chi connectivity index (χ0v) is 25.1. The molecule has 0 N–H and O–H groups in total. The molecule has 0 aromatic heterocycles. The van der Waals surface area contributed by atoms with Gasteiger partial charge in [0.25, 0.3) is 23.6 Å². The molecule has 4 amide bonds. The van der Waals surface area contributed by atoms with Crippen LogP contribution in [0.3, 0.4) is 0 Å². The van der Waals surface area contributed by atoms with Gasteiger partial charge in [-0.15, -0.1) is 0 Å². The number of carbonyl (C=O) groups excluding carboxylic acids is 4. The van der Waals surface area contributed by atoms with Gasteiger partial charge in [-0.3, -0.25) is 29.0 Å². The van der Waals surface area contributed by atoms with Crippen LogP contribution in [0.5, 0.6) is 0 Å². The number of hydrogen-bond acceptors (Lipinski definition) is 4. The summed E-state index contributed by atoms with van der Waals surface area (Å²) in [5.74, 6) is -2.53. The maximum absolute atomic E-state index is 14.4. The number of imide groups is 2. The van der Waals surface area contributed by atoms with E-state index in [0.717, 1.165) is 41.0 Å². The lowest BCUT2D eigenvalue weighted by Crippen LogP contribution is -2.41. The topological polar surface area (TPSA) is 74.8 Å². The van der Waals surface area contributed by atoms with E-state index in [9.17, 15) is 32.3 Å². The van der Waals surface area contributed by atoms with E-state index in [1.54, 1.807) is 0 Å². The normalized spacial score (nSPS) is 14.8. The highest BCUT2D eigenvalue weighted by molar-refractivity contribution is 6.22. The molecule has 220 valence electrons. The summed E-state index contributed by atoms with van der Waals surface area (Å²) in [6.45, 7) is 14.2. The first-order valence-electron chi connectivity index (χ1n) is 13.4. The predicted molar refractivity (Wildman–Crippen MR) is 153 cm³/mol. The minimum atomic E-state index is -4.80. The van der Waals surface area contributed by atoms with Gasteiger partial charge < -0.3 is 0 Å². The number of rotatable bonds is 2. The van der Waals surface area contributed by atoms with Gasteiger partial charge in [0.2, 0.25) is 0 Å². The molecular formula is C33H33F3N2O4. The van der Waals surface area contributed by atoms with Gasteiger partial charge in [-0.05, 0) is 117 Å². The fourth-order valence-corrected chi connectivity index (χ4v) is 5.53. The second-order valence-electron chi connectivity index (χ2n) is 11.2. The first-order chi connectivity index (χ1) is 19.4. The van der Waals surface area contributed by atoms with Crippen molar-refractivity contribution in [3.63, 3.8) is 0 Å². The molecule has 0 atom stereocenters. The van der Waals surface area contributed by atoms with Crippen molar-refractivity contribution in [2.75, 3.05) is 14.1 Å². The molecule has 6 nitrogen and oxygen atoms in total. The Labute approximate surface area is 243 Å². The second-order valence-corrected chi connectivity index (χ2v) is 11.2. The molecule has 0 saturated heterocycles. The van der Waals surface area contributed by atoms with Crippen molar-refractivity contribution in [3.05, 3.63) is 103 Å². The highest BCUT2D eigenvalue weighted by atomic mass is 19.4. The van der Waals surface area contributed by atoms with Gasteiger partial charge in [0.15, 0.2) is 0 Å². The van der Waals surface area contributed by atoms with Gasteiger partial charge in [0.05, 0.1) is 22.3 Å². The molecule has 0 radical (unpaired) electrons. The molecule has 0 bridgehead atoms. The Bertz CT molecular complexity index is 1520. The molecule has 0 fully saturated rings. The predicted octanol–water partition coefficient (Wildman–Crippen LogP) is 6.54. The van der Waals surface area contributed by atoms with E-state index < -0.39 is 35.2 Å². The summed E-state index contributed by atoms with van der Waals surface area (Å²) < 4.78 is 43.1. The van der Waals surface area contributed by atoms with Crippen molar-refractivity contribution in [3.8, 4) is 0 Å². The average Bonchev–Trinajstić information content (AvgIpc) is 3.31. The first-order valence-corrected chi connectivity index (χ1v) is 13.4. The Morgan fingerprint density at radius 2 is 0.762 bits per heavy atom. The van der Waals surface area contributed by atoms with Crippen LogP contribution in [0.15, 0.2) is 36.4 Å². The zero-order valence-electron chi connectivity index (χ0n) is 25.1. The van der Waals surface area contributed by atoms with E-state index in [1.807, 2.05) is 0 Å². The van der Waals surface area contributed by atoms with Crippen LogP contribution in [0, 0.1) is 41.5 Å². The van der Waals surface area contributed by atoms with Crippen LogP contribution in [0.1, 0.15) is 92.9 Å². The maximum Gasteiger partial charge on any atom is 0.402 e. The first kappa shape index (κ1) is 30.7. The van der Waals surface area contributed by atoms with Gasteiger partial charge in [-0.1, -0.05) is 12.1 Å². The van der Waals surface area contributed by atoms with Gasteiger partial charge in [0, 0.05) is 14.1 Å². The van der Waals surface area contributed by atoms with E-state index in [1.165, 1.54) is 59.6 Å². The van der Waals surface area contributed by atoms with Crippen LogP contribution in [0.4, 0.5) is 13.2 Å². The molecule has 0 aliphatic carbocycles. The number of fused-ring (bicyclic) bond motifs is 2. The summed E-state index contributed by atoms with van der Waals surface area (Å²) >= 11 is 0. The summed E-state index contributed by atoms with van der Waals surface area (Å²) in [6, 6.07) is 6.85. The number of amides is 4. The lowest BCUT2D eigenvalue weighted by molar-refractivity contribution is -0.173. The Morgan fingerprint density at radius 3 is 1.02 bits per heavy atom. The largest absolute Gasteiger partial charge is 0.402 e. The lowest BCUT2D eigenvalue weighted by Gasteiger charge is -2.33. The average molecular weight is 579 g/mol. The fourth-order valence-electron chi connectivity index (χ4n) is 5.53. The Balaban J connectivity index is 0.000000283. The minimum Gasteiger partial charge on any atom is -0.277 e. The molecule has 3 aromatic rings. The van der Waals surface area contributed by atoms with E-state index in [4.69, 9.17) is 0 Å². The van der Waals surface area contributed by atoms with Crippen molar-refractivity contribution < 1.29 is 32.3 Å². The molecule has 42 heavy (non-hydrogen) atoms. The van der Waals surface area contributed by atoms with Crippen molar-refractivity contribution in [2.45, 2.75) is 60.1 Å². The molecule has 0 spiro atoms. The molecule has 2 aliphatic heterocycles. The zero-order chi connectivity index (χ0) is 31.6. The van der Waals surface area contributed by atoms with E-state index in [2.05, 4.69) is 41.5 Å². The van der Waals surface area contributed by atoms with Gasteiger partial charge in [0.1, 0.15) is 5.41 Å². The highest BCUT2D eigenvalue weighted by Crippen LogP contribution is 2.47. The quantitative estimate of drug-likeness (QED) is 0.324. The third kappa shape index (κ3) is 4.42. The minimum absolute atomic E-state index is 0.0344. The van der Waals surface area contributed by atoms with E-state index >= 15 is 0 Å². The van der Waals surface area contributed by atoms with Crippen molar-refractivity contribution in [1.82, 2.24) is 9.80 Å². The molecule has 0 unspecified atom stereocenters. The number of benzene rings is 3. The molecule has 5 rings (SSSR count). The molecule has 0 saturated carbocycles. The standard InChI is InChI=1S/C21H15F3N2O4.C12H18/c1-20(21(22,23)24,10-4-6-12-14(8-10)18(29)25(2)16(12)27)11-5-7-13-15(9-11)19(30)26(3)17(13)28;1-7-8(2)10(4)12(6)11(5)9(7)3/h4-9H,1-3H3;1-6H3. The van der Waals surface area contributed by atoms with Crippen molar-refractivity contribution in [2.24, 2.45) is 0 Å². The van der Waals surface area contributed by atoms with Crippen LogP contribution in [-0.4, -0.2) is 53.7 Å². The molecule has 2 aliphatic rings. The van der Waals surface area contributed by atoms with Crippen LogP contribution in [0.25, 0.3) is 0 Å². The molecule has 9 heteroatoms. The number of carbonyl (C=O) groups is 4. The van der Waals surface area contributed by atoms with Gasteiger partial charge >= 0.3 is 6.18 Å². The molecule has 2 heterocycles. The van der Waals surface area contributed by atoms with Gasteiger partial charge in [-0.2, -0.15) is 13.2 Å². The smallest absolute Gasteiger partial charge is 0.277 e. The monoisotopic (exact) mass is 578 g/mol. The summed E-state index contributed by atoms with van der Waals surface area (Å²) in [5.41, 5.74) is 5.48. The number of nitrogens with zero attached hydrogens (tertiary/aromatic N) is 2. The third-order valence-electron chi connectivity index (χ3n) is 9.28. The Morgan fingerprint density at radius 1 is 0.500 bits per heavy atom. The summed E-state index contributed by atoms with van der Waals surface area (Å²) in [5, 5.41) is 0. The van der Waals surface area contributed by atoms with Crippen LogP contribution >= 0.6 is 0 Å². The summed E-state index contributed by atoms with van der Waals surface area (Å²) in [4.78, 5) is 50.4. The SMILES string of the molecule is CN1C(=O)c2ccc(C(C)(c3ccc4c(c3)C(=O)N(C)C4=O)C(F)(F)F)cc2C1=O.Cc1c(C)c(C)c(C)c(C)c1C. The molecular weight excluding hydrogens is 545 g/mol. The van der Waals surface area contributed by atoms with Gasteiger partial charge in [-0.25, -0.2) is 0 Å². The lowest BCUT2D eigenvalue weighted by atomic mass is 9.74. The maximum atomic E-state index is 14.4. The Kier molecular flexibility index (Phi) is 7.47. The summed E-state index contributed by atoms with van der Waals surface area (Å²) in [7, 11) is 2.51. The van der Waals surface area contributed by atoms with Crippen LogP contribution in [0.2, 0.25) is 0 Å². The molecule has 3 aromatic carbocycles. The number of alkyl halides is 3. The fraction of sp³-hybridized carbons (Fsp3) is 0.333. The number of halogens is 3. The van der Waals surface area contributed by atoms with Crippen molar-refractivity contribution in [1.29, 1.82) is 0 Å². The summed E-state index contributed by atoms with van der Waals surface area (Å²) in [6.07, 6.45) is -4.80. The van der Waals surface area contributed by atoms with E-state index in [0.29, 0.717) is 0 Å². The second kappa shape index (κ2) is 10.2. The number of hydrogen-bond donors (Lipinski definition) is 0. The highest BCUT2D eigenvalue weighted by Gasteiger charge is 2.54. The van der Waals surface area contributed by atoms with Crippen LogP contribution < -0.4 is 0 Å². The van der Waals surface area contributed by atoms with Crippen molar-refractivity contribution >= 4 is 23.6 Å². The van der Waals surface area contributed by atoms with Crippen LogP contribution in [-0.2, 0) is 5.41 Å². The Hall–Kier alpha value is -4.27. The van der Waals surface area contributed by atoms with E-state index in [-0.39, 0.29) is 33.4 Å².